The maximum atomic E-state index is 9.46. The normalized spacial score (nSPS) is 63.9. The van der Waals surface area contributed by atoms with Crippen LogP contribution in [0.4, 0.5) is 0 Å². The third kappa shape index (κ3) is 0.516. The molecule has 3 nitrogen and oxygen atoms in total. The molecule has 2 bridgehead atoms. The molecule has 5 atom stereocenters. The zero-order chi connectivity index (χ0) is 6.72. The molecule has 1 N–H and O–H groups in total. The number of fused-ring (bicyclic) bond motifs is 4. The summed E-state index contributed by atoms with van der Waals surface area (Å²) in [5.41, 5.74) is 0. The molecule has 0 aromatic rings. The lowest BCUT2D eigenvalue weighted by Crippen LogP contribution is -2.34. The van der Waals surface area contributed by atoms with Gasteiger partial charge >= 0.3 is 0 Å². The molecule has 2 aliphatic heterocycles. The van der Waals surface area contributed by atoms with Gasteiger partial charge in [0.15, 0.2) is 6.29 Å². The van der Waals surface area contributed by atoms with Crippen molar-refractivity contribution in [1.82, 2.24) is 0 Å². The van der Waals surface area contributed by atoms with Crippen molar-refractivity contribution in [2.24, 2.45) is 11.8 Å². The molecule has 2 heterocycles. The van der Waals surface area contributed by atoms with Crippen molar-refractivity contribution in [2.45, 2.75) is 24.9 Å². The summed E-state index contributed by atoms with van der Waals surface area (Å²) in [7, 11) is 0. The maximum absolute atomic E-state index is 9.46. The smallest absolute Gasteiger partial charge is 0.184 e. The average molecular weight is 142 g/mol. The van der Waals surface area contributed by atoms with E-state index in [1.807, 2.05) is 0 Å². The van der Waals surface area contributed by atoms with Gasteiger partial charge in [-0.3, -0.25) is 0 Å². The highest BCUT2D eigenvalue weighted by atomic mass is 16.7. The van der Waals surface area contributed by atoms with Gasteiger partial charge in [0.25, 0.3) is 0 Å². The highest BCUT2D eigenvalue weighted by Gasteiger charge is 2.58. The van der Waals surface area contributed by atoms with E-state index in [0.29, 0.717) is 24.5 Å². The topological polar surface area (TPSA) is 38.7 Å². The second kappa shape index (κ2) is 1.55. The summed E-state index contributed by atoms with van der Waals surface area (Å²) in [5, 5.41) is 9.46. The van der Waals surface area contributed by atoms with E-state index < -0.39 is 0 Å². The Morgan fingerprint density at radius 3 is 3.10 bits per heavy atom. The van der Waals surface area contributed by atoms with E-state index in [1.54, 1.807) is 0 Å². The highest BCUT2D eigenvalue weighted by molar-refractivity contribution is 5.03. The number of hydrogen-bond acceptors (Lipinski definition) is 3. The molecule has 3 heteroatoms. The minimum Gasteiger partial charge on any atom is -0.388 e. The number of hydrogen-bond donors (Lipinski definition) is 1. The van der Waals surface area contributed by atoms with Crippen LogP contribution in [0.5, 0.6) is 0 Å². The van der Waals surface area contributed by atoms with Crippen LogP contribution in [0.25, 0.3) is 0 Å². The predicted octanol–water partition coefficient (Wildman–Crippen LogP) is -0.262. The largest absolute Gasteiger partial charge is 0.388 e. The summed E-state index contributed by atoms with van der Waals surface area (Å²) in [6.07, 6.45) is 0.807. The summed E-state index contributed by atoms with van der Waals surface area (Å²) in [4.78, 5) is 0. The molecule has 1 aliphatic carbocycles. The predicted molar refractivity (Wildman–Crippen MR) is 32.2 cm³/mol. The van der Waals surface area contributed by atoms with Crippen molar-refractivity contribution < 1.29 is 14.6 Å². The third-order valence-corrected chi connectivity index (χ3v) is 2.82. The van der Waals surface area contributed by atoms with Gasteiger partial charge in [0, 0.05) is 0 Å². The van der Waals surface area contributed by atoms with Crippen molar-refractivity contribution in [3.63, 3.8) is 0 Å². The first-order valence-corrected chi connectivity index (χ1v) is 3.81. The van der Waals surface area contributed by atoms with Gasteiger partial charge in [0.2, 0.25) is 0 Å². The highest BCUT2D eigenvalue weighted by Crippen LogP contribution is 2.52. The Kier molecular flexibility index (Phi) is 0.854. The van der Waals surface area contributed by atoms with Crippen LogP contribution >= 0.6 is 0 Å². The van der Waals surface area contributed by atoms with Crippen LogP contribution in [-0.2, 0) is 9.47 Å². The molecule has 0 unspecified atom stereocenters. The molecule has 0 aromatic heterocycles. The standard InChI is InChI=1S/C7H10O3/c8-6-4-1-3(4)5-2-9-7(6)10-5/h3-8H,1-2H2/t3-,4+,5-,6+,7+/m0/s1. The Bertz CT molecular complexity index is 168. The van der Waals surface area contributed by atoms with Crippen molar-refractivity contribution in [1.29, 1.82) is 0 Å². The fraction of sp³-hybridized carbons (Fsp3) is 1.00. The molecule has 3 fully saturated rings. The van der Waals surface area contributed by atoms with Crippen LogP contribution in [0, 0.1) is 11.8 Å². The summed E-state index contributed by atoms with van der Waals surface area (Å²) in [6.45, 7) is 0.697. The van der Waals surface area contributed by atoms with E-state index in [-0.39, 0.29) is 12.4 Å². The van der Waals surface area contributed by atoms with Crippen molar-refractivity contribution >= 4 is 0 Å². The Balaban J connectivity index is 1.91. The first kappa shape index (κ1) is 5.52. The SMILES string of the molecule is O[C@H]1[C@@H]2OC[C@H](O2)[C@H]2C[C@@H]12. The van der Waals surface area contributed by atoms with Gasteiger partial charge in [0.05, 0.1) is 12.7 Å². The summed E-state index contributed by atoms with van der Waals surface area (Å²) in [6, 6.07) is 0. The minimum absolute atomic E-state index is 0.297. The van der Waals surface area contributed by atoms with E-state index in [2.05, 4.69) is 0 Å². The number of aliphatic hydroxyl groups excluding tert-OH is 1. The van der Waals surface area contributed by atoms with Gasteiger partial charge in [0.1, 0.15) is 6.10 Å². The molecule has 10 heavy (non-hydrogen) atoms. The molecule has 0 aromatic carbocycles. The van der Waals surface area contributed by atoms with Crippen molar-refractivity contribution in [2.75, 3.05) is 6.61 Å². The van der Waals surface area contributed by atoms with Crippen LogP contribution in [-0.4, -0.2) is 30.2 Å². The van der Waals surface area contributed by atoms with Crippen LogP contribution in [0.2, 0.25) is 0 Å². The van der Waals surface area contributed by atoms with E-state index in [4.69, 9.17) is 9.47 Å². The summed E-state index contributed by atoms with van der Waals surface area (Å²) in [5.74, 6) is 1.10. The zero-order valence-electron chi connectivity index (χ0n) is 5.56. The van der Waals surface area contributed by atoms with E-state index in [9.17, 15) is 5.11 Å². The lowest BCUT2D eigenvalue weighted by molar-refractivity contribution is -0.157. The molecule has 0 spiro atoms. The van der Waals surface area contributed by atoms with Gasteiger partial charge in [-0.15, -0.1) is 0 Å². The van der Waals surface area contributed by atoms with E-state index >= 15 is 0 Å². The molecule has 3 aliphatic rings. The first-order valence-electron chi connectivity index (χ1n) is 3.81. The second-order valence-corrected chi connectivity index (χ2v) is 3.43. The van der Waals surface area contributed by atoms with Gasteiger partial charge in [-0.2, -0.15) is 0 Å². The number of aliphatic hydroxyl groups is 1. The monoisotopic (exact) mass is 142 g/mol. The molecule has 0 radical (unpaired) electrons. The fourth-order valence-corrected chi connectivity index (χ4v) is 2.10. The van der Waals surface area contributed by atoms with Gasteiger partial charge in [-0.25, -0.2) is 0 Å². The third-order valence-electron chi connectivity index (χ3n) is 2.82. The molecular weight excluding hydrogens is 132 g/mol. The van der Waals surface area contributed by atoms with Crippen molar-refractivity contribution in [3.05, 3.63) is 0 Å². The van der Waals surface area contributed by atoms with E-state index in [1.165, 1.54) is 0 Å². The summed E-state index contributed by atoms with van der Waals surface area (Å²) < 4.78 is 10.6. The van der Waals surface area contributed by atoms with Crippen LogP contribution in [0.1, 0.15) is 6.42 Å². The quantitative estimate of drug-likeness (QED) is 0.506. The van der Waals surface area contributed by atoms with Crippen LogP contribution < -0.4 is 0 Å². The Morgan fingerprint density at radius 1 is 1.30 bits per heavy atom. The molecule has 0 amide bonds. The van der Waals surface area contributed by atoms with Gasteiger partial charge < -0.3 is 14.6 Å². The van der Waals surface area contributed by atoms with E-state index in [0.717, 1.165) is 6.42 Å². The molecule has 2 saturated heterocycles. The maximum Gasteiger partial charge on any atom is 0.184 e. The molecule has 3 rings (SSSR count). The molecule has 1 saturated carbocycles. The Labute approximate surface area is 58.9 Å². The number of ether oxygens (including phenoxy) is 2. The average Bonchev–Trinajstić information content (AvgIpc) is 2.61. The van der Waals surface area contributed by atoms with Gasteiger partial charge in [-0.05, 0) is 18.3 Å². The second-order valence-electron chi connectivity index (χ2n) is 3.43. The van der Waals surface area contributed by atoms with Gasteiger partial charge in [-0.1, -0.05) is 0 Å². The minimum atomic E-state index is -0.344. The lowest BCUT2D eigenvalue weighted by Gasteiger charge is -2.22. The molecular formula is C7H10O3. The van der Waals surface area contributed by atoms with Crippen LogP contribution in [0.15, 0.2) is 0 Å². The summed E-state index contributed by atoms with van der Waals surface area (Å²) >= 11 is 0. The Hall–Kier alpha value is -0.120. The lowest BCUT2D eigenvalue weighted by atomic mass is 10.1. The number of rotatable bonds is 0. The Morgan fingerprint density at radius 2 is 2.20 bits per heavy atom. The van der Waals surface area contributed by atoms with Crippen LogP contribution in [0.3, 0.4) is 0 Å². The molecule has 56 valence electrons. The first-order chi connectivity index (χ1) is 4.86. The van der Waals surface area contributed by atoms with Crippen molar-refractivity contribution in [3.8, 4) is 0 Å². The fourth-order valence-electron chi connectivity index (χ4n) is 2.10. The zero-order valence-corrected chi connectivity index (χ0v) is 5.56.